The monoisotopic (exact) mass is 332 g/mol. The van der Waals surface area contributed by atoms with Crippen LogP contribution in [0.2, 0.25) is 0 Å². The van der Waals surface area contributed by atoms with E-state index in [2.05, 4.69) is 10.3 Å². The molecule has 0 aliphatic rings. The van der Waals surface area contributed by atoms with Crippen LogP contribution in [-0.4, -0.2) is 36.4 Å². The molecule has 1 amide bonds. The van der Waals surface area contributed by atoms with Crippen molar-refractivity contribution in [3.05, 3.63) is 48.8 Å². The zero-order valence-corrected chi connectivity index (χ0v) is 14.0. The number of carbonyl (C=O) groups is 1. The van der Waals surface area contributed by atoms with Crippen molar-refractivity contribution in [2.75, 3.05) is 19.4 Å². The van der Waals surface area contributed by atoms with Gasteiger partial charge >= 0.3 is 0 Å². The lowest BCUT2D eigenvalue weighted by molar-refractivity contribution is -0.118. The van der Waals surface area contributed by atoms with Crippen LogP contribution < -0.4 is 14.8 Å². The van der Waals surface area contributed by atoms with Crippen molar-refractivity contribution >= 4 is 17.7 Å². The first-order chi connectivity index (χ1) is 11.2. The summed E-state index contributed by atoms with van der Waals surface area (Å²) >= 11 is 1.47. The molecule has 5 nitrogen and oxygen atoms in total. The lowest BCUT2D eigenvalue weighted by Crippen LogP contribution is -2.34. The summed E-state index contributed by atoms with van der Waals surface area (Å²) in [6, 6.07) is 11.3. The number of carbonyl (C=O) groups excluding carboxylic acids is 1. The maximum Gasteiger partial charge on any atom is 0.230 e. The van der Waals surface area contributed by atoms with Crippen molar-refractivity contribution in [3.8, 4) is 11.5 Å². The minimum Gasteiger partial charge on any atom is -0.497 e. The average molecular weight is 332 g/mol. The number of nitrogens with one attached hydrogen (secondary N) is 1. The molecule has 0 aliphatic carbocycles. The third-order valence-electron chi connectivity index (χ3n) is 2.97. The Hall–Kier alpha value is -2.21. The van der Waals surface area contributed by atoms with Gasteiger partial charge in [-0.05, 0) is 37.3 Å². The molecule has 1 N–H and O–H groups in total. The Labute approximate surface area is 140 Å². The van der Waals surface area contributed by atoms with E-state index in [0.717, 1.165) is 10.6 Å². The molecule has 122 valence electrons. The molecule has 1 aromatic carbocycles. The molecule has 0 bridgehead atoms. The summed E-state index contributed by atoms with van der Waals surface area (Å²) in [6.07, 6.45) is 3.22. The van der Waals surface area contributed by atoms with Gasteiger partial charge in [-0.25, -0.2) is 0 Å². The minimum absolute atomic E-state index is 0.0283. The number of hydrogen-bond acceptors (Lipinski definition) is 5. The number of nitrogens with zero attached hydrogens (tertiary/aromatic N) is 1. The Balaban J connectivity index is 1.70. The summed E-state index contributed by atoms with van der Waals surface area (Å²) in [6.45, 7) is 2.36. The van der Waals surface area contributed by atoms with Crippen LogP contribution in [0.15, 0.2) is 53.7 Å². The molecule has 0 radical (unpaired) electrons. The van der Waals surface area contributed by atoms with E-state index in [1.807, 2.05) is 43.3 Å². The lowest BCUT2D eigenvalue weighted by Gasteiger charge is -2.15. The molecule has 0 fully saturated rings. The van der Waals surface area contributed by atoms with Gasteiger partial charge in [0.05, 0.1) is 25.6 Å². The number of amides is 1. The number of thioether (sulfide) groups is 1. The van der Waals surface area contributed by atoms with Gasteiger partial charge in [-0.2, -0.15) is 0 Å². The molecule has 6 heteroatoms. The number of hydrogen-bond donors (Lipinski definition) is 1. The molecule has 1 unspecified atom stereocenters. The molecule has 0 aliphatic heterocycles. The van der Waals surface area contributed by atoms with Gasteiger partial charge in [-0.15, -0.1) is 11.8 Å². The van der Waals surface area contributed by atoms with E-state index >= 15 is 0 Å². The van der Waals surface area contributed by atoms with Crippen LogP contribution in [0.25, 0.3) is 0 Å². The van der Waals surface area contributed by atoms with Crippen LogP contribution in [0.1, 0.15) is 6.92 Å². The van der Waals surface area contributed by atoms with Crippen molar-refractivity contribution < 1.29 is 14.3 Å². The zero-order valence-electron chi connectivity index (χ0n) is 13.2. The molecule has 0 saturated carbocycles. The molecule has 2 aromatic rings. The fraction of sp³-hybridized carbons (Fsp3) is 0.294. The molecule has 23 heavy (non-hydrogen) atoms. The first kappa shape index (κ1) is 17.1. The Bertz CT molecular complexity index is 622. The second-order valence-electron chi connectivity index (χ2n) is 4.89. The Morgan fingerprint density at radius 2 is 2.13 bits per heavy atom. The smallest absolute Gasteiger partial charge is 0.230 e. The van der Waals surface area contributed by atoms with Gasteiger partial charge < -0.3 is 14.8 Å². The molecule has 1 heterocycles. The van der Waals surface area contributed by atoms with Gasteiger partial charge in [0.2, 0.25) is 5.91 Å². The standard InChI is InChI=1S/C17H20N2O3S/c1-13(22-15-6-4-8-18-11-15)10-19-17(20)12-23-16-7-3-5-14(9-16)21-2/h3-9,11,13H,10,12H2,1-2H3,(H,19,20). The third kappa shape index (κ3) is 6.20. The predicted molar refractivity (Wildman–Crippen MR) is 91.1 cm³/mol. The fourth-order valence-electron chi connectivity index (χ4n) is 1.84. The summed E-state index contributed by atoms with van der Waals surface area (Å²) < 4.78 is 10.8. The topological polar surface area (TPSA) is 60.5 Å². The highest BCUT2D eigenvalue weighted by atomic mass is 32.2. The van der Waals surface area contributed by atoms with Crippen molar-refractivity contribution in [1.29, 1.82) is 0 Å². The molecule has 1 aromatic heterocycles. The maximum atomic E-state index is 11.9. The maximum absolute atomic E-state index is 11.9. The first-order valence-corrected chi connectivity index (χ1v) is 8.26. The van der Waals surface area contributed by atoms with Crippen LogP contribution in [0.5, 0.6) is 11.5 Å². The molecular weight excluding hydrogens is 312 g/mol. The zero-order chi connectivity index (χ0) is 16.5. The van der Waals surface area contributed by atoms with E-state index in [9.17, 15) is 4.79 Å². The number of methoxy groups -OCH3 is 1. The molecular formula is C17H20N2O3S. The largest absolute Gasteiger partial charge is 0.497 e. The van der Waals surface area contributed by atoms with Crippen molar-refractivity contribution in [3.63, 3.8) is 0 Å². The first-order valence-electron chi connectivity index (χ1n) is 7.27. The summed E-state index contributed by atoms with van der Waals surface area (Å²) in [5, 5.41) is 2.87. The fourth-order valence-corrected chi connectivity index (χ4v) is 2.61. The lowest BCUT2D eigenvalue weighted by atomic mass is 10.3. The van der Waals surface area contributed by atoms with Gasteiger partial charge in [0, 0.05) is 11.1 Å². The van der Waals surface area contributed by atoms with Gasteiger partial charge in [-0.1, -0.05) is 6.07 Å². The van der Waals surface area contributed by atoms with Crippen LogP contribution in [0, 0.1) is 0 Å². The Morgan fingerprint density at radius 1 is 1.30 bits per heavy atom. The van der Waals surface area contributed by atoms with Crippen LogP contribution in [-0.2, 0) is 4.79 Å². The highest BCUT2D eigenvalue weighted by Gasteiger charge is 2.08. The molecule has 1 atom stereocenters. The van der Waals surface area contributed by atoms with E-state index in [-0.39, 0.29) is 12.0 Å². The van der Waals surface area contributed by atoms with Gasteiger partial charge in [0.1, 0.15) is 17.6 Å². The quantitative estimate of drug-likeness (QED) is 0.753. The van der Waals surface area contributed by atoms with Gasteiger partial charge in [0.15, 0.2) is 0 Å². The van der Waals surface area contributed by atoms with Crippen molar-refractivity contribution in [2.24, 2.45) is 0 Å². The van der Waals surface area contributed by atoms with E-state index in [1.54, 1.807) is 19.5 Å². The van der Waals surface area contributed by atoms with E-state index in [1.165, 1.54) is 11.8 Å². The highest BCUT2D eigenvalue weighted by Crippen LogP contribution is 2.22. The number of ether oxygens (including phenoxy) is 2. The van der Waals surface area contributed by atoms with Crippen LogP contribution in [0.4, 0.5) is 0 Å². The van der Waals surface area contributed by atoms with Gasteiger partial charge in [0.25, 0.3) is 0 Å². The summed E-state index contributed by atoms with van der Waals surface area (Å²) in [5.41, 5.74) is 0. The summed E-state index contributed by atoms with van der Waals surface area (Å²) in [5.74, 6) is 1.81. The number of rotatable bonds is 8. The predicted octanol–water partition coefficient (Wildman–Crippen LogP) is 2.77. The average Bonchev–Trinajstić information content (AvgIpc) is 2.59. The number of benzene rings is 1. The Morgan fingerprint density at radius 3 is 2.87 bits per heavy atom. The third-order valence-corrected chi connectivity index (χ3v) is 3.96. The van der Waals surface area contributed by atoms with Crippen molar-refractivity contribution in [1.82, 2.24) is 10.3 Å². The van der Waals surface area contributed by atoms with Gasteiger partial charge in [-0.3, -0.25) is 9.78 Å². The number of pyridine rings is 1. The number of aromatic nitrogens is 1. The minimum atomic E-state index is -0.120. The summed E-state index contributed by atoms with van der Waals surface area (Å²) in [7, 11) is 1.63. The van der Waals surface area contributed by atoms with Crippen LogP contribution >= 0.6 is 11.8 Å². The summed E-state index contributed by atoms with van der Waals surface area (Å²) in [4.78, 5) is 16.9. The second-order valence-corrected chi connectivity index (χ2v) is 5.94. The SMILES string of the molecule is COc1cccc(SCC(=O)NCC(C)Oc2cccnc2)c1. The van der Waals surface area contributed by atoms with E-state index in [0.29, 0.717) is 18.0 Å². The van der Waals surface area contributed by atoms with Crippen molar-refractivity contribution in [2.45, 2.75) is 17.9 Å². The second kappa shape index (κ2) is 9.05. The highest BCUT2D eigenvalue weighted by molar-refractivity contribution is 8.00. The van der Waals surface area contributed by atoms with E-state index < -0.39 is 0 Å². The normalized spacial score (nSPS) is 11.6. The molecule has 0 spiro atoms. The molecule has 0 saturated heterocycles. The van der Waals surface area contributed by atoms with E-state index in [4.69, 9.17) is 9.47 Å². The van der Waals surface area contributed by atoms with Crippen LogP contribution in [0.3, 0.4) is 0 Å². The Kier molecular flexibility index (Phi) is 6.75. The molecule has 2 rings (SSSR count).